The van der Waals surface area contributed by atoms with Crippen molar-refractivity contribution in [2.24, 2.45) is 5.41 Å². The quantitative estimate of drug-likeness (QED) is 0.734. The zero-order valence-corrected chi connectivity index (χ0v) is 8.82. The zero-order chi connectivity index (χ0) is 12.2. The lowest BCUT2D eigenvalue weighted by Gasteiger charge is -2.20. The minimum absolute atomic E-state index is 0.0605. The predicted molar refractivity (Wildman–Crippen MR) is 53.8 cm³/mol. The molecule has 1 aliphatic heterocycles. The van der Waals surface area contributed by atoms with E-state index in [1.165, 1.54) is 11.0 Å². The van der Waals surface area contributed by atoms with Crippen molar-refractivity contribution in [3.8, 4) is 0 Å². The molecule has 90 valence electrons. The van der Waals surface area contributed by atoms with Crippen molar-refractivity contribution >= 4 is 12.1 Å². The first-order valence-electron chi connectivity index (χ1n) is 4.88. The van der Waals surface area contributed by atoms with Gasteiger partial charge in [-0.05, 0) is 6.42 Å². The van der Waals surface area contributed by atoms with Crippen molar-refractivity contribution in [1.82, 2.24) is 4.90 Å². The highest BCUT2D eigenvalue weighted by molar-refractivity contribution is 5.78. The summed E-state index contributed by atoms with van der Waals surface area (Å²) in [6, 6.07) is 0. The summed E-state index contributed by atoms with van der Waals surface area (Å²) in [5.41, 5.74) is -1.47. The van der Waals surface area contributed by atoms with Gasteiger partial charge in [-0.2, -0.15) is 0 Å². The number of hydrogen-bond donors (Lipinski definition) is 1. The van der Waals surface area contributed by atoms with Crippen molar-refractivity contribution in [3.63, 3.8) is 0 Å². The van der Waals surface area contributed by atoms with E-state index in [-0.39, 0.29) is 26.1 Å². The second kappa shape index (κ2) is 4.96. The maximum absolute atomic E-state index is 12.7. The molecule has 0 aromatic heterocycles. The third kappa shape index (κ3) is 2.32. The number of rotatable bonds is 4. The normalized spacial score (nSPS) is 24.2. The first kappa shape index (κ1) is 12.5. The van der Waals surface area contributed by atoms with E-state index in [4.69, 9.17) is 9.84 Å². The number of ether oxygens (including phenoxy) is 1. The molecule has 0 aliphatic carbocycles. The second-order valence-corrected chi connectivity index (χ2v) is 3.76. The largest absolute Gasteiger partial charge is 0.481 e. The topological polar surface area (TPSA) is 66.8 Å². The Labute approximate surface area is 92.5 Å². The number of amides is 1. The predicted octanol–water partition coefficient (Wildman–Crippen LogP) is 1.06. The number of hydrogen-bond acceptors (Lipinski definition) is 3. The minimum atomic E-state index is -1.47. The lowest BCUT2D eigenvalue weighted by atomic mass is 9.89. The van der Waals surface area contributed by atoms with E-state index in [2.05, 4.69) is 6.58 Å². The number of likely N-dealkylation sites (tertiary alicyclic amines) is 1. The molecule has 0 aromatic carbocycles. The average molecular weight is 231 g/mol. The van der Waals surface area contributed by atoms with E-state index in [1.807, 2.05) is 0 Å². The van der Waals surface area contributed by atoms with E-state index in [0.29, 0.717) is 0 Å². The molecule has 1 atom stereocenters. The van der Waals surface area contributed by atoms with Gasteiger partial charge in [-0.25, -0.2) is 9.18 Å². The molecule has 1 fully saturated rings. The number of nitrogens with zero attached hydrogens (tertiary/aromatic N) is 1. The molecule has 1 amide bonds. The van der Waals surface area contributed by atoms with E-state index >= 15 is 0 Å². The van der Waals surface area contributed by atoms with Crippen molar-refractivity contribution < 1.29 is 23.8 Å². The Morgan fingerprint density at radius 2 is 2.31 bits per heavy atom. The summed E-state index contributed by atoms with van der Waals surface area (Å²) in [5.74, 6) is -1.21. The van der Waals surface area contributed by atoms with Crippen molar-refractivity contribution in [2.75, 3.05) is 26.4 Å². The Balaban J connectivity index is 2.60. The Kier molecular flexibility index (Phi) is 3.87. The van der Waals surface area contributed by atoms with Crippen LogP contribution in [0.25, 0.3) is 0 Å². The van der Waals surface area contributed by atoms with Crippen LogP contribution < -0.4 is 0 Å². The van der Waals surface area contributed by atoms with Crippen LogP contribution in [0.15, 0.2) is 12.7 Å². The van der Waals surface area contributed by atoms with E-state index in [9.17, 15) is 14.0 Å². The molecule has 0 spiro atoms. The summed E-state index contributed by atoms with van der Waals surface area (Å²) in [6.45, 7) is 2.52. The Morgan fingerprint density at radius 3 is 2.75 bits per heavy atom. The first-order chi connectivity index (χ1) is 7.55. The SMILES string of the molecule is C=CCOC(=O)N1CCC(CF)(C(=O)O)C1. The molecule has 0 aromatic rings. The van der Waals surface area contributed by atoms with E-state index in [0.717, 1.165) is 0 Å². The van der Waals surface area contributed by atoms with Crippen LogP contribution in [0.4, 0.5) is 9.18 Å². The Bertz CT molecular complexity index is 307. The summed E-state index contributed by atoms with van der Waals surface area (Å²) >= 11 is 0. The fourth-order valence-corrected chi connectivity index (χ4v) is 1.59. The standard InChI is InChI=1S/C10H14FNO4/c1-2-5-16-9(15)12-4-3-10(6-11,7-12)8(13)14/h2H,1,3-7H2,(H,13,14). The van der Waals surface area contributed by atoms with Crippen molar-refractivity contribution in [1.29, 1.82) is 0 Å². The Morgan fingerprint density at radius 1 is 1.62 bits per heavy atom. The molecule has 16 heavy (non-hydrogen) atoms. The number of carbonyl (C=O) groups is 2. The van der Waals surface area contributed by atoms with Crippen LogP contribution in [-0.4, -0.2) is 48.4 Å². The molecule has 1 saturated heterocycles. The molecular weight excluding hydrogens is 217 g/mol. The molecule has 1 aliphatic rings. The summed E-state index contributed by atoms with van der Waals surface area (Å²) in [5, 5.41) is 8.90. The monoisotopic (exact) mass is 231 g/mol. The summed E-state index contributed by atoms with van der Waals surface area (Å²) in [7, 11) is 0. The van der Waals surface area contributed by atoms with Crippen LogP contribution >= 0.6 is 0 Å². The van der Waals surface area contributed by atoms with Gasteiger partial charge < -0.3 is 14.7 Å². The highest BCUT2D eigenvalue weighted by Gasteiger charge is 2.47. The van der Waals surface area contributed by atoms with Gasteiger partial charge in [-0.15, -0.1) is 0 Å². The summed E-state index contributed by atoms with van der Waals surface area (Å²) in [6.07, 6.45) is 0.895. The number of halogens is 1. The van der Waals surface area contributed by atoms with Crippen molar-refractivity contribution in [2.45, 2.75) is 6.42 Å². The number of carbonyl (C=O) groups excluding carboxylic acids is 1. The maximum atomic E-state index is 12.7. The number of alkyl halides is 1. The first-order valence-corrected chi connectivity index (χ1v) is 4.88. The lowest BCUT2D eigenvalue weighted by molar-refractivity contribution is -0.149. The van der Waals surface area contributed by atoms with Gasteiger partial charge in [0.25, 0.3) is 0 Å². The molecule has 1 heterocycles. The Hall–Kier alpha value is -1.59. The average Bonchev–Trinajstić information content (AvgIpc) is 2.71. The van der Waals surface area contributed by atoms with Gasteiger partial charge in [-0.1, -0.05) is 12.7 Å². The van der Waals surface area contributed by atoms with Gasteiger partial charge in [0.15, 0.2) is 0 Å². The number of aliphatic carboxylic acids is 1. The van der Waals surface area contributed by atoms with Gasteiger partial charge in [-0.3, -0.25) is 4.79 Å². The lowest BCUT2D eigenvalue weighted by Crippen LogP contribution is -2.38. The molecule has 5 nitrogen and oxygen atoms in total. The van der Waals surface area contributed by atoms with Gasteiger partial charge in [0.05, 0.1) is 0 Å². The highest BCUT2D eigenvalue weighted by Crippen LogP contribution is 2.31. The van der Waals surface area contributed by atoms with Crippen LogP contribution in [0.3, 0.4) is 0 Å². The molecule has 1 unspecified atom stereocenters. The highest BCUT2D eigenvalue weighted by atomic mass is 19.1. The molecule has 0 radical (unpaired) electrons. The van der Waals surface area contributed by atoms with Crippen LogP contribution in [0.2, 0.25) is 0 Å². The summed E-state index contributed by atoms with van der Waals surface area (Å²) in [4.78, 5) is 23.5. The fourth-order valence-electron chi connectivity index (χ4n) is 1.59. The van der Waals surface area contributed by atoms with Crippen LogP contribution in [0.1, 0.15) is 6.42 Å². The number of carboxylic acids is 1. The maximum Gasteiger partial charge on any atom is 0.410 e. The molecule has 1 N–H and O–H groups in total. The molecule has 6 heteroatoms. The van der Waals surface area contributed by atoms with Crippen LogP contribution in [0.5, 0.6) is 0 Å². The van der Waals surface area contributed by atoms with E-state index in [1.54, 1.807) is 0 Å². The smallest absolute Gasteiger partial charge is 0.410 e. The summed E-state index contributed by atoms with van der Waals surface area (Å²) < 4.78 is 17.5. The van der Waals surface area contributed by atoms with Crippen molar-refractivity contribution in [3.05, 3.63) is 12.7 Å². The second-order valence-electron chi connectivity index (χ2n) is 3.76. The molecule has 1 rings (SSSR count). The van der Waals surface area contributed by atoms with Crippen LogP contribution in [0, 0.1) is 5.41 Å². The van der Waals surface area contributed by atoms with Gasteiger partial charge in [0.2, 0.25) is 0 Å². The van der Waals surface area contributed by atoms with E-state index < -0.39 is 24.2 Å². The molecule has 0 saturated carbocycles. The van der Waals surface area contributed by atoms with Gasteiger partial charge >= 0.3 is 12.1 Å². The third-order valence-corrected chi connectivity index (χ3v) is 2.65. The minimum Gasteiger partial charge on any atom is -0.481 e. The molecule has 0 bridgehead atoms. The van der Waals surface area contributed by atoms with Gasteiger partial charge in [0.1, 0.15) is 18.7 Å². The third-order valence-electron chi connectivity index (χ3n) is 2.65. The zero-order valence-electron chi connectivity index (χ0n) is 8.82. The van der Waals surface area contributed by atoms with Gasteiger partial charge in [0, 0.05) is 13.1 Å². The number of carboxylic acid groups (broad SMARTS) is 1. The van der Waals surface area contributed by atoms with Crippen LogP contribution in [-0.2, 0) is 9.53 Å². The molecular formula is C10H14FNO4. The fraction of sp³-hybridized carbons (Fsp3) is 0.600.